The standard InChI is InChI=1S/C14H21NO3/c1-9(6-10(2)16)15-11(3)12-4-5-13-14(7-12)18-8-17-13/h4-5,7,9-11,15-16H,6,8H2,1-3H3. The van der Waals surface area contributed by atoms with Gasteiger partial charge in [0.2, 0.25) is 6.79 Å². The lowest BCUT2D eigenvalue weighted by Gasteiger charge is -2.21. The van der Waals surface area contributed by atoms with Crippen molar-refractivity contribution < 1.29 is 14.6 Å². The van der Waals surface area contributed by atoms with E-state index in [2.05, 4.69) is 19.2 Å². The highest BCUT2D eigenvalue weighted by atomic mass is 16.7. The first-order chi connectivity index (χ1) is 8.56. The Bertz CT molecular complexity index is 406. The van der Waals surface area contributed by atoms with E-state index in [4.69, 9.17) is 9.47 Å². The fraction of sp³-hybridized carbons (Fsp3) is 0.571. The summed E-state index contributed by atoms with van der Waals surface area (Å²) in [6, 6.07) is 6.48. The molecule has 0 saturated carbocycles. The zero-order valence-electron chi connectivity index (χ0n) is 11.1. The van der Waals surface area contributed by atoms with Gasteiger partial charge in [-0.15, -0.1) is 0 Å². The number of hydrogen-bond acceptors (Lipinski definition) is 4. The molecule has 4 heteroatoms. The SMILES string of the molecule is CC(O)CC(C)NC(C)c1ccc2c(c1)OCO2. The van der Waals surface area contributed by atoms with Gasteiger partial charge in [0.1, 0.15) is 0 Å². The molecular formula is C14H21NO3. The normalized spacial score (nSPS) is 18.4. The van der Waals surface area contributed by atoms with Gasteiger partial charge in [0, 0.05) is 12.1 Å². The molecule has 2 N–H and O–H groups in total. The fourth-order valence-electron chi connectivity index (χ4n) is 2.29. The molecule has 0 fully saturated rings. The van der Waals surface area contributed by atoms with Crippen LogP contribution in [-0.2, 0) is 0 Å². The maximum Gasteiger partial charge on any atom is 0.231 e. The van der Waals surface area contributed by atoms with Crippen LogP contribution in [0.25, 0.3) is 0 Å². The highest BCUT2D eigenvalue weighted by molar-refractivity contribution is 5.45. The Morgan fingerprint density at radius 3 is 2.67 bits per heavy atom. The lowest BCUT2D eigenvalue weighted by molar-refractivity contribution is 0.168. The van der Waals surface area contributed by atoms with E-state index in [0.717, 1.165) is 23.5 Å². The van der Waals surface area contributed by atoms with Gasteiger partial charge < -0.3 is 19.9 Å². The van der Waals surface area contributed by atoms with Crippen molar-refractivity contribution in [3.8, 4) is 11.5 Å². The molecule has 0 amide bonds. The molecule has 100 valence electrons. The van der Waals surface area contributed by atoms with Crippen molar-refractivity contribution in [2.24, 2.45) is 0 Å². The average molecular weight is 251 g/mol. The van der Waals surface area contributed by atoms with Crippen molar-refractivity contribution in [1.82, 2.24) is 5.32 Å². The second-order valence-electron chi connectivity index (χ2n) is 4.99. The Balaban J connectivity index is 1.98. The molecule has 2 rings (SSSR count). The topological polar surface area (TPSA) is 50.7 Å². The Labute approximate surface area is 108 Å². The van der Waals surface area contributed by atoms with Crippen molar-refractivity contribution in [2.75, 3.05) is 6.79 Å². The summed E-state index contributed by atoms with van der Waals surface area (Å²) in [6.07, 6.45) is 0.464. The molecule has 0 saturated heterocycles. The minimum absolute atomic E-state index is 0.216. The summed E-state index contributed by atoms with van der Waals surface area (Å²) < 4.78 is 10.7. The smallest absolute Gasteiger partial charge is 0.231 e. The van der Waals surface area contributed by atoms with Crippen LogP contribution in [0.1, 0.15) is 38.8 Å². The molecule has 0 spiro atoms. The predicted octanol–water partition coefficient (Wildman–Crippen LogP) is 2.23. The van der Waals surface area contributed by atoms with Crippen molar-refractivity contribution in [1.29, 1.82) is 0 Å². The van der Waals surface area contributed by atoms with Gasteiger partial charge in [-0.2, -0.15) is 0 Å². The number of ether oxygens (including phenoxy) is 2. The van der Waals surface area contributed by atoms with E-state index in [1.165, 1.54) is 0 Å². The average Bonchev–Trinajstić information content (AvgIpc) is 2.74. The number of fused-ring (bicyclic) bond motifs is 1. The van der Waals surface area contributed by atoms with E-state index in [0.29, 0.717) is 6.79 Å². The van der Waals surface area contributed by atoms with Crippen LogP contribution in [0, 0.1) is 0 Å². The number of rotatable bonds is 5. The van der Waals surface area contributed by atoms with E-state index < -0.39 is 0 Å². The Morgan fingerprint density at radius 1 is 1.22 bits per heavy atom. The van der Waals surface area contributed by atoms with Crippen molar-refractivity contribution in [3.05, 3.63) is 23.8 Å². The van der Waals surface area contributed by atoms with Crippen LogP contribution in [0.2, 0.25) is 0 Å². The summed E-state index contributed by atoms with van der Waals surface area (Å²) in [5, 5.41) is 12.8. The monoisotopic (exact) mass is 251 g/mol. The molecule has 0 bridgehead atoms. The Kier molecular flexibility index (Phi) is 4.09. The summed E-state index contributed by atoms with van der Waals surface area (Å²) >= 11 is 0. The van der Waals surface area contributed by atoms with Gasteiger partial charge in [0.15, 0.2) is 11.5 Å². The number of hydrogen-bond donors (Lipinski definition) is 2. The van der Waals surface area contributed by atoms with Gasteiger partial charge in [-0.25, -0.2) is 0 Å². The minimum atomic E-state index is -0.281. The number of aliphatic hydroxyl groups is 1. The summed E-state index contributed by atoms with van der Waals surface area (Å²) in [6.45, 7) is 6.30. The highest BCUT2D eigenvalue weighted by Crippen LogP contribution is 2.34. The molecule has 0 aliphatic carbocycles. The van der Waals surface area contributed by atoms with Gasteiger partial charge in [0.05, 0.1) is 6.10 Å². The molecule has 1 aliphatic rings. The first-order valence-electron chi connectivity index (χ1n) is 6.40. The lowest BCUT2D eigenvalue weighted by Crippen LogP contribution is -2.31. The number of aliphatic hydroxyl groups excluding tert-OH is 1. The molecular weight excluding hydrogens is 230 g/mol. The van der Waals surface area contributed by atoms with Crippen LogP contribution < -0.4 is 14.8 Å². The quantitative estimate of drug-likeness (QED) is 0.842. The van der Waals surface area contributed by atoms with E-state index in [9.17, 15) is 5.11 Å². The first-order valence-corrected chi connectivity index (χ1v) is 6.40. The van der Waals surface area contributed by atoms with Crippen LogP contribution in [0.3, 0.4) is 0 Å². The van der Waals surface area contributed by atoms with Crippen molar-refractivity contribution in [3.63, 3.8) is 0 Å². The fourth-order valence-corrected chi connectivity index (χ4v) is 2.29. The number of nitrogens with one attached hydrogen (secondary N) is 1. The van der Waals surface area contributed by atoms with E-state index in [-0.39, 0.29) is 18.2 Å². The second-order valence-corrected chi connectivity index (χ2v) is 4.99. The second kappa shape index (κ2) is 5.59. The summed E-state index contributed by atoms with van der Waals surface area (Å²) in [5.41, 5.74) is 1.16. The molecule has 0 aromatic heterocycles. The van der Waals surface area contributed by atoms with Gasteiger partial charge in [-0.3, -0.25) is 0 Å². The molecule has 4 nitrogen and oxygen atoms in total. The highest BCUT2D eigenvalue weighted by Gasteiger charge is 2.17. The van der Waals surface area contributed by atoms with Gasteiger partial charge >= 0.3 is 0 Å². The first kappa shape index (κ1) is 13.2. The van der Waals surface area contributed by atoms with E-state index >= 15 is 0 Å². The molecule has 3 unspecified atom stereocenters. The van der Waals surface area contributed by atoms with Crippen molar-refractivity contribution in [2.45, 2.75) is 45.4 Å². The largest absolute Gasteiger partial charge is 0.454 e. The molecule has 3 atom stereocenters. The lowest BCUT2D eigenvalue weighted by atomic mass is 10.1. The maximum atomic E-state index is 9.36. The maximum absolute atomic E-state index is 9.36. The molecule has 1 aromatic carbocycles. The summed E-state index contributed by atoms with van der Waals surface area (Å²) in [4.78, 5) is 0. The third-order valence-corrected chi connectivity index (χ3v) is 3.13. The van der Waals surface area contributed by atoms with E-state index in [1.807, 2.05) is 25.1 Å². The minimum Gasteiger partial charge on any atom is -0.454 e. The molecule has 0 radical (unpaired) electrons. The molecule has 1 aliphatic heterocycles. The zero-order valence-corrected chi connectivity index (χ0v) is 11.1. The molecule has 18 heavy (non-hydrogen) atoms. The molecule has 1 heterocycles. The third kappa shape index (κ3) is 3.15. The number of benzene rings is 1. The molecule has 1 aromatic rings. The van der Waals surface area contributed by atoms with Gasteiger partial charge in [-0.1, -0.05) is 6.07 Å². The van der Waals surface area contributed by atoms with Crippen LogP contribution in [0.15, 0.2) is 18.2 Å². The van der Waals surface area contributed by atoms with Crippen LogP contribution >= 0.6 is 0 Å². The van der Waals surface area contributed by atoms with Crippen LogP contribution in [-0.4, -0.2) is 24.0 Å². The Morgan fingerprint density at radius 2 is 1.94 bits per heavy atom. The van der Waals surface area contributed by atoms with Gasteiger partial charge in [-0.05, 0) is 44.9 Å². The summed E-state index contributed by atoms with van der Waals surface area (Å²) in [5.74, 6) is 1.62. The van der Waals surface area contributed by atoms with Crippen LogP contribution in [0.5, 0.6) is 11.5 Å². The predicted molar refractivity (Wildman–Crippen MR) is 69.9 cm³/mol. The van der Waals surface area contributed by atoms with Crippen LogP contribution in [0.4, 0.5) is 0 Å². The zero-order chi connectivity index (χ0) is 13.1. The third-order valence-electron chi connectivity index (χ3n) is 3.13. The summed E-state index contributed by atoms with van der Waals surface area (Å²) in [7, 11) is 0. The van der Waals surface area contributed by atoms with Gasteiger partial charge in [0.25, 0.3) is 0 Å². The van der Waals surface area contributed by atoms with Crippen molar-refractivity contribution >= 4 is 0 Å². The Hall–Kier alpha value is -1.26. The van der Waals surface area contributed by atoms with E-state index in [1.54, 1.807) is 0 Å².